The third-order valence-corrected chi connectivity index (χ3v) is 6.26. The molecule has 0 saturated carbocycles. The highest BCUT2D eigenvalue weighted by atomic mass is 16.5. The zero-order valence-corrected chi connectivity index (χ0v) is 20.5. The van der Waals surface area contributed by atoms with Crippen LogP contribution in [0.1, 0.15) is 38.1 Å². The minimum Gasteiger partial charge on any atom is -0.507 e. The molecule has 3 aromatic rings. The monoisotopic (exact) mass is 494 g/mol. The van der Waals surface area contributed by atoms with Gasteiger partial charge in [-0.05, 0) is 36.6 Å². The van der Waals surface area contributed by atoms with Gasteiger partial charge >= 0.3 is 11.9 Å². The number of aromatic hydroxyl groups is 1. The normalized spacial score (nSPS) is 16.9. The van der Waals surface area contributed by atoms with Crippen LogP contribution in [0.15, 0.2) is 30.3 Å². The van der Waals surface area contributed by atoms with Crippen LogP contribution in [0.3, 0.4) is 0 Å². The van der Waals surface area contributed by atoms with E-state index in [1.807, 2.05) is 6.92 Å². The number of hydrogen-bond acceptors (Lipinski definition) is 8. The van der Waals surface area contributed by atoms with Crippen LogP contribution < -0.4 is 25.7 Å². The van der Waals surface area contributed by atoms with Crippen molar-refractivity contribution in [3.63, 3.8) is 0 Å². The van der Waals surface area contributed by atoms with E-state index in [4.69, 9.17) is 19.9 Å². The first-order chi connectivity index (χ1) is 17.1. The van der Waals surface area contributed by atoms with Crippen molar-refractivity contribution >= 4 is 34.8 Å². The first-order valence-corrected chi connectivity index (χ1v) is 11.3. The highest BCUT2D eigenvalue weighted by Crippen LogP contribution is 2.50. The third kappa shape index (κ3) is 4.21. The van der Waals surface area contributed by atoms with Gasteiger partial charge in [0.25, 0.3) is 0 Å². The number of phenols is 1. The second-order valence-corrected chi connectivity index (χ2v) is 8.73. The Kier molecular flexibility index (Phi) is 6.57. The van der Waals surface area contributed by atoms with E-state index in [2.05, 4.69) is 5.73 Å². The van der Waals surface area contributed by atoms with Gasteiger partial charge in [-0.1, -0.05) is 0 Å². The summed E-state index contributed by atoms with van der Waals surface area (Å²) in [6.45, 7) is 4.36. The van der Waals surface area contributed by atoms with Gasteiger partial charge in [-0.25, -0.2) is 0 Å². The largest absolute Gasteiger partial charge is 0.507 e. The quantitative estimate of drug-likeness (QED) is 0.277. The van der Waals surface area contributed by atoms with Crippen molar-refractivity contribution in [1.29, 1.82) is 0 Å². The molecule has 3 aromatic carbocycles. The fourth-order valence-electron chi connectivity index (χ4n) is 4.86. The molecule has 10 nitrogen and oxygen atoms in total. The Bertz CT molecular complexity index is 1400. The van der Waals surface area contributed by atoms with Crippen LogP contribution in [0.4, 0.5) is 5.69 Å². The standard InChI is InChI=1S/C26H27N3O7/c1-12-7-18-23(16-5-6-19(33)24-17(16)8-15(27)9-20(24)34-4)21(35-13(2)31)10-22(36-14(3)32)25(18)26(28)29(12)11-30/h5-6,8-12,26,33H,7,27-28H2,1-4H3/p+1. The average molecular weight is 495 g/mol. The molecule has 10 heteroatoms. The Balaban J connectivity index is 2.17. The number of carbonyl (C=O) groups is 3. The van der Waals surface area contributed by atoms with Gasteiger partial charge in [-0.3, -0.25) is 14.4 Å². The molecule has 0 radical (unpaired) electrons. The summed E-state index contributed by atoms with van der Waals surface area (Å²) >= 11 is 0. The van der Waals surface area contributed by atoms with Gasteiger partial charge in [0, 0.05) is 54.6 Å². The van der Waals surface area contributed by atoms with Crippen LogP contribution in [-0.4, -0.2) is 41.5 Å². The molecule has 0 saturated heterocycles. The zero-order valence-electron chi connectivity index (χ0n) is 20.5. The Morgan fingerprint density at radius 1 is 1.11 bits per heavy atom. The van der Waals surface area contributed by atoms with Crippen molar-refractivity contribution in [2.75, 3.05) is 7.11 Å². The van der Waals surface area contributed by atoms with E-state index in [0.29, 0.717) is 57.3 Å². The molecule has 188 valence electrons. The van der Waals surface area contributed by atoms with E-state index >= 15 is 0 Å². The minimum absolute atomic E-state index is 0.00207. The molecule has 0 aromatic heterocycles. The summed E-state index contributed by atoms with van der Waals surface area (Å²) in [7, 11) is 1.50. The number of phenolic OH excluding ortho intramolecular Hbond substituents is 1. The van der Waals surface area contributed by atoms with Gasteiger partial charge in [-0.2, -0.15) is 0 Å². The molecule has 1 aliphatic heterocycles. The van der Waals surface area contributed by atoms with E-state index < -0.39 is 18.1 Å². The summed E-state index contributed by atoms with van der Waals surface area (Å²) in [5.74, 6) is -0.496. The predicted octanol–water partition coefficient (Wildman–Crippen LogP) is 2.31. The van der Waals surface area contributed by atoms with Gasteiger partial charge in [0.05, 0.1) is 12.5 Å². The second-order valence-electron chi connectivity index (χ2n) is 8.73. The Morgan fingerprint density at radius 2 is 1.78 bits per heavy atom. The number of amides is 1. The molecule has 36 heavy (non-hydrogen) atoms. The lowest BCUT2D eigenvalue weighted by atomic mass is 9.83. The van der Waals surface area contributed by atoms with Crippen molar-refractivity contribution < 1.29 is 39.4 Å². The van der Waals surface area contributed by atoms with Crippen LogP contribution in [0.2, 0.25) is 0 Å². The summed E-state index contributed by atoms with van der Waals surface area (Å²) in [5.41, 5.74) is 13.4. The summed E-state index contributed by atoms with van der Waals surface area (Å²) in [6, 6.07) is 7.85. The lowest BCUT2D eigenvalue weighted by molar-refractivity contribution is -0.254. The first-order valence-electron chi connectivity index (χ1n) is 11.3. The number of hydrogen-bond donors (Lipinski definition) is 3. The number of nitrogens with zero attached hydrogens (tertiary/aromatic N) is 1. The van der Waals surface area contributed by atoms with Crippen molar-refractivity contribution in [2.24, 2.45) is 5.73 Å². The Labute approximate surface area is 207 Å². The maximum atomic E-state index is 12.1. The maximum Gasteiger partial charge on any atom is 0.308 e. The third-order valence-electron chi connectivity index (χ3n) is 6.26. The number of benzene rings is 3. The van der Waals surface area contributed by atoms with Crippen LogP contribution in [0.25, 0.3) is 21.9 Å². The first kappa shape index (κ1) is 25.0. The van der Waals surface area contributed by atoms with Gasteiger partial charge < -0.3 is 35.7 Å². The van der Waals surface area contributed by atoms with Crippen LogP contribution in [-0.2, 0) is 20.8 Å². The molecule has 4 rings (SSSR count). The summed E-state index contributed by atoms with van der Waals surface area (Å²) in [4.78, 5) is 37.3. The Morgan fingerprint density at radius 3 is 2.39 bits per heavy atom. The predicted molar refractivity (Wildman–Crippen MR) is 131 cm³/mol. The fourth-order valence-corrected chi connectivity index (χ4v) is 4.86. The van der Waals surface area contributed by atoms with Gasteiger partial charge in [0.1, 0.15) is 34.9 Å². The topological polar surface area (TPSA) is 156 Å². The van der Waals surface area contributed by atoms with E-state index in [-0.39, 0.29) is 23.3 Å². The number of carbonyl (C=O) groups excluding carboxylic acids is 3. The molecular weight excluding hydrogens is 466 g/mol. The van der Waals surface area contributed by atoms with E-state index in [1.54, 1.807) is 18.2 Å². The SMILES string of the molecule is COc1cc([NH3+])cc2c(-c3c(OC(C)=O)cc(OC(C)=O)c4c3CC(C)N(C=O)C4N)ccc(O)c12. The molecule has 0 bridgehead atoms. The van der Waals surface area contributed by atoms with Crippen LogP contribution in [0.5, 0.6) is 23.0 Å². The van der Waals surface area contributed by atoms with Gasteiger partial charge in [-0.15, -0.1) is 0 Å². The highest BCUT2D eigenvalue weighted by molar-refractivity contribution is 6.06. The van der Waals surface area contributed by atoms with E-state index in [9.17, 15) is 19.5 Å². The fraction of sp³-hybridized carbons (Fsp3) is 0.269. The number of rotatable bonds is 5. The Hall–Kier alpha value is -4.15. The van der Waals surface area contributed by atoms with Gasteiger partial charge in [0.2, 0.25) is 6.41 Å². The summed E-state index contributed by atoms with van der Waals surface area (Å²) in [5, 5.41) is 11.7. The van der Waals surface area contributed by atoms with Crippen LogP contribution in [0, 0.1) is 0 Å². The summed E-state index contributed by atoms with van der Waals surface area (Å²) in [6.07, 6.45) is 0.0806. The van der Waals surface area contributed by atoms with Gasteiger partial charge in [0.15, 0.2) is 0 Å². The molecule has 6 N–H and O–H groups in total. The molecule has 2 unspecified atom stereocenters. The molecule has 0 spiro atoms. The van der Waals surface area contributed by atoms with E-state index in [1.165, 1.54) is 38.0 Å². The molecule has 1 aliphatic rings. The number of methoxy groups -OCH3 is 1. The smallest absolute Gasteiger partial charge is 0.308 e. The second kappa shape index (κ2) is 9.48. The number of nitrogens with two attached hydrogens (primary N) is 1. The number of esters is 2. The van der Waals surface area contributed by atoms with E-state index in [0.717, 1.165) is 0 Å². The van der Waals surface area contributed by atoms with Crippen molar-refractivity contribution in [3.8, 4) is 34.1 Å². The molecular formula is C26H28N3O7+. The molecule has 0 fully saturated rings. The minimum atomic E-state index is -0.915. The van der Waals surface area contributed by atoms with Crippen molar-refractivity contribution in [3.05, 3.63) is 41.5 Å². The van der Waals surface area contributed by atoms with Crippen molar-refractivity contribution in [1.82, 2.24) is 4.90 Å². The zero-order chi connectivity index (χ0) is 26.3. The highest BCUT2D eigenvalue weighted by Gasteiger charge is 2.36. The lowest BCUT2D eigenvalue weighted by Crippen LogP contribution is -2.45. The lowest BCUT2D eigenvalue weighted by Gasteiger charge is -2.39. The van der Waals surface area contributed by atoms with Crippen molar-refractivity contribution in [2.45, 2.75) is 39.4 Å². The number of fused-ring (bicyclic) bond motifs is 2. The maximum absolute atomic E-state index is 12.1. The van der Waals surface area contributed by atoms with Crippen LogP contribution >= 0.6 is 0 Å². The average Bonchev–Trinajstić information content (AvgIpc) is 2.78. The molecule has 1 amide bonds. The summed E-state index contributed by atoms with van der Waals surface area (Å²) < 4.78 is 16.6. The number of quaternary nitrogens is 1. The molecule has 0 aliphatic carbocycles. The molecule has 2 atom stereocenters. The molecule has 1 heterocycles. The number of ether oxygens (including phenoxy) is 3.